The molecule has 2 heterocycles. The van der Waals surface area contributed by atoms with Gasteiger partial charge < -0.3 is 14.4 Å². The number of piperidine rings is 1. The summed E-state index contributed by atoms with van der Waals surface area (Å²) in [6.45, 7) is 8.44. The fourth-order valence-electron chi connectivity index (χ4n) is 3.89. The summed E-state index contributed by atoms with van der Waals surface area (Å²) in [4.78, 5) is 32.1. The van der Waals surface area contributed by atoms with E-state index in [0.29, 0.717) is 23.7 Å². The van der Waals surface area contributed by atoms with Crippen molar-refractivity contribution in [1.82, 2.24) is 9.88 Å². The highest BCUT2D eigenvalue weighted by molar-refractivity contribution is 7.14. The van der Waals surface area contributed by atoms with Gasteiger partial charge in [-0.1, -0.05) is 18.2 Å². The topological polar surface area (TPSA) is 68.7 Å². The molecule has 1 amide bonds. The number of para-hydroxylation sites is 1. The number of aromatic nitrogens is 1. The minimum atomic E-state index is -0.504. The van der Waals surface area contributed by atoms with Gasteiger partial charge in [-0.15, -0.1) is 11.3 Å². The standard InChI is InChI=1S/C27H30N2O4S/c1-18(30)24-23(19-10-12-22(13-11-19)32-21-8-6-5-7-9-21)28-25(34-24)20-14-16-29(17-15-20)26(31)33-27(2,3)4/h5-13,20H,14-17H2,1-4H3. The maximum atomic E-state index is 12.4. The SMILES string of the molecule is CC(=O)c1sc(C2CCN(C(=O)OC(C)(C)C)CC2)nc1-c1ccc(Oc2ccccc2)cc1. The third kappa shape index (κ3) is 5.83. The predicted octanol–water partition coefficient (Wildman–Crippen LogP) is 6.92. The molecule has 0 radical (unpaired) electrons. The summed E-state index contributed by atoms with van der Waals surface area (Å²) in [7, 11) is 0. The van der Waals surface area contributed by atoms with Crippen molar-refractivity contribution >= 4 is 23.2 Å². The van der Waals surface area contributed by atoms with E-state index in [4.69, 9.17) is 14.5 Å². The number of Topliss-reactive ketones (excluding diaryl/α,β-unsaturated/α-hetero) is 1. The number of ether oxygens (including phenoxy) is 2. The number of carbonyl (C=O) groups is 2. The predicted molar refractivity (Wildman–Crippen MR) is 134 cm³/mol. The van der Waals surface area contributed by atoms with Crippen molar-refractivity contribution in [2.45, 2.75) is 52.1 Å². The van der Waals surface area contributed by atoms with Crippen molar-refractivity contribution in [3.05, 3.63) is 64.5 Å². The molecule has 34 heavy (non-hydrogen) atoms. The highest BCUT2D eigenvalue weighted by atomic mass is 32.1. The number of rotatable bonds is 5. The number of ketones is 1. The summed E-state index contributed by atoms with van der Waals surface area (Å²) in [5, 5.41) is 0.952. The quantitative estimate of drug-likeness (QED) is 0.372. The van der Waals surface area contributed by atoms with E-state index in [0.717, 1.165) is 34.9 Å². The van der Waals surface area contributed by atoms with Crippen molar-refractivity contribution in [2.75, 3.05) is 13.1 Å². The van der Waals surface area contributed by atoms with Crippen LogP contribution >= 0.6 is 11.3 Å². The molecule has 1 saturated heterocycles. The van der Waals surface area contributed by atoms with Crippen LogP contribution in [0.4, 0.5) is 4.79 Å². The van der Waals surface area contributed by atoms with Gasteiger partial charge in [0, 0.05) is 31.5 Å². The molecule has 0 saturated carbocycles. The van der Waals surface area contributed by atoms with Gasteiger partial charge >= 0.3 is 6.09 Å². The maximum Gasteiger partial charge on any atom is 0.410 e. The van der Waals surface area contributed by atoms with E-state index in [1.165, 1.54) is 11.3 Å². The molecule has 0 atom stereocenters. The summed E-state index contributed by atoms with van der Waals surface area (Å²) < 4.78 is 11.4. The van der Waals surface area contributed by atoms with Gasteiger partial charge in [0.2, 0.25) is 0 Å². The Hall–Kier alpha value is -3.19. The third-order valence-corrected chi connectivity index (χ3v) is 6.88. The Labute approximate surface area is 204 Å². The molecular weight excluding hydrogens is 448 g/mol. The number of hydrogen-bond donors (Lipinski definition) is 0. The Morgan fingerprint density at radius 2 is 1.59 bits per heavy atom. The van der Waals surface area contributed by atoms with E-state index in [1.54, 1.807) is 11.8 Å². The summed E-state index contributed by atoms with van der Waals surface area (Å²) in [5.41, 5.74) is 1.10. The fraction of sp³-hybridized carbons (Fsp3) is 0.370. The summed E-state index contributed by atoms with van der Waals surface area (Å²) >= 11 is 1.47. The Kier molecular flexibility index (Phi) is 7.03. The molecule has 3 aromatic rings. The van der Waals surface area contributed by atoms with E-state index >= 15 is 0 Å². The van der Waals surface area contributed by atoms with Crippen LogP contribution in [-0.4, -0.2) is 40.5 Å². The van der Waals surface area contributed by atoms with Crippen LogP contribution in [0.1, 0.15) is 61.1 Å². The molecule has 6 nitrogen and oxygen atoms in total. The highest BCUT2D eigenvalue weighted by Gasteiger charge is 2.30. The Morgan fingerprint density at radius 3 is 2.18 bits per heavy atom. The van der Waals surface area contributed by atoms with Gasteiger partial charge in [-0.25, -0.2) is 9.78 Å². The molecule has 1 aliphatic heterocycles. The Morgan fingerprint density at radius 1 is 0.971 bits per heavy atom. The van der Waals surface area contributed by atoms with Gasteiger partial charge in [0.15, 0.2) is 5.78 Å². The normalized spacial score (nSPS) is 14.6. The lowest BCUT2D eigenvalue weighted by Gasteiger charge is -2.32. The van der Waals surface area contributed by atoms with E-state index < -0.39 is 5.60 Å². The van der Waals surface area contributed by atoms with Crippen LogP contribution in [0.25, 0.3) is 11.3 Å². The lowest BCUT2D eigenvalue weighted by atomic mass is 9.98. The van der Waals surface area contributed by atoms with Gasteiger partial charge in [-0.3, -0.25) is 4.79 Å². The maximum absolute atomic E-state index is 12.4. The van der Waals surface area contributed by atoms with Gasteiger partial charge in [-0.2, -0.15) is 0 Å². The number of thiazole rings is 1. The van der Waals surface area contributed by atoms with Crippen LogP contribution in [-0.2, 0) is 4.74 Å². The van der Waals surface area contributed by atoms with Crippen molar-refractivity contribution in [3.63, 3.8) is 0 Å². The largest absolute Gasteiger partial charge is 0.457 e. The van der Waals surface area contributed by atoms with E-state index in [1.807, 2.05) is 75.4 Å². The lowest BCUT2D eigenvalue weighted by Crippen LogP contribution is -2.41. The van der Waals surface area contributed by atoms with Gasteiger partial charge in [0.1, 0.15) is 17.1 Å². The van der Waals surface area contributed by atoms with E-state index in [9.17, 15) is 9.59 Å². The summed E-state index contributed by atoms with van der Waals surface area (Å²) in [5.74, 6) is 1.73. The zero-order chi connectivity index (χ0) is 24.3. The second kappa shape index (κ2) is 9.97. The smallest absolute Gasteiger partial charge is 0.410 e. The molecule has 1 aromatic heterocycles. The van der Waals surface area contributed by atoms with Gasteiger partial charge in [0.25, 0.3) is 0 Å². The molecule has 0 N–H and O–H groups in total. The highest BCUT2D eigenvalue weighted by Crippen LogP contribution is 2.37. The molecule has 0 spiro atoms. The molecule has 0 aliphatic carbocycles. The minimum Gasteiger partial charge on any atom is -0.457 e. The summed E-state index contributed by atoms with van der Waals surface area (Å²) in [6, 6.07) is 17.3. The van der Waals surface area contributed by atoms with Crippen molar-refractivity contribution in [3.8, 4) is 22.8 Å². The average molecular weight is 479 g/mol. The zero-order valence-electron chi connectivity index (χ0n) is 20.0. The second-order valence-electron chi connectivity index (χ2n) is 9.47. The molecule has 0 unspecified atom stereocenters. The number of carbonyl (C=O) groups excluding carboxylic acids is 2. The first-order chi connectivity index (χ1) is 16.2. The molecule has 2 aromatic carbocycles. The van der Waals surface area contributed by atoms with Crippen LogP contribution in [0, 0.1) is 0 Å². The number of nitrogens with zero attached hydrogens (tertiary/aromatic N) is 2. The summed E-state index contributed by atoms with van der Waals surface area (Å²) in [6.07, 6.45) is 1.33. The van der Waals surface area contributed by atoms with Crippen LogP contribution in [0.2, 0.25) is 0 Å². The van der Waals surface area contributed by atoms with E-state index in [2.05, 4.69) is 0 Å². The molecule has 1 aliphatic rings. The van der Waals surface area contributed by atoms with E-state index in [-0.39, 0.29) is 17.8 Å². The van der Waals surface area contributed by atoms with Crippen LogP contribution in [0.15, 0.2) is 54.6 Å². The monoisotopic (exact) mass is 478 g/mol. The van der Waals surface area contributed by atoms with Crippen LogP contribution < -0.4 is 4.74 Å². The fourth-order valence-corrected chi connectivity index (χ4v) is 5.04. The van der Waals surface area contributed by atoms with Crippen LogP contribution in [0.5, 0.6) is 11.5 Å². The lowest BCUT2D eigenvalue weighted by molar-refractivity contribution is 0.0204. The second-order valence-corrected chi connectivity index (χ2v) is 10.5. The van der Waals surface area contributed by atoms with Crippen molar-refractivity contribution < 1.29 is 19.1 Å². The molecular formula is C27H30N2O4S. The molecule has 0 bridgehead atoms. The first kappa shape index (κ1) is 24.0. The number of amides is 1. The molecule has 7 heteroatoms. The molecule has 4 rings (SSSR count). The number of benzene rings is 2. The van der Waals surface area contributed by atoms with Crippen LogP contribution in [0.3, 0.4) is 0 Å². The number of hydrogen-bond acceptors (Lipinski definition) is 6. The first-order valence-electron chi connectivity index (χ1n) is 11.5. The average Bonchev–Trinajstić information content (AvgIpc) is 3.25. The van der Waals surface area contributed by atoms with Gasteiger partial charge in [-0.05, 0) is 70.0 Å². The third-order valence-electron chi connectivity index (χ3n) is 5.57. The molecule has 1 fully saturated rings. The van der Waals surface area contributed by atoms with Gasteiger partial charge in [0.05, 0.1) is 15.6 Å². The number of likely N-dealkylation sites (tertiary alicyclic amines) is 1. The zero-order valence-corrected chi connectivity index (χ0v) is 20.9. The first-order valence-corrected chi connectivity index (χ1v) is 12.3. The van der Waals surface area contributed by atoms with Crippen molar-refractivity contribution in [1.29, 1.82) is 0 Å². The Balaban J connectivity index is 1.47. The van der Waals surface area contributed by atoms with Crippen molar-refractivity contribution in [2.24, 2.45) is 0 Å². The Bertz CT molecular complexity index is 1140. The molecule has 178 valence electrons. The minimum absolute atomic E-state index is 0.00885.